The number of thiol groups is 1. The molecule has 192 valence electrons. The fourth-order valence-electron chi connectivity index (χ4n) is 5.33. The quantitative estimate of drug-likeness (QED) is 0.316. The van der Waals surface area contributed by atoms with E-state index >= 15 is 0 Å². The first-order valence-electron chi connectivity index (χ1n) is 12.6. The number of nitrogens with zero attached hydrogens (tertiary/aromatic N) is 3. The molecule has 1 atom stereocenters. The Bertz CT molecular complexity index is 1140. The monoisotopic (exact) mass is 506 g/mol. The Hall–Kier alpha value is -3.13. The molecule has 2 fully saturated rings. The minimum absolute atomic E-state index is 0.250. The molecule has 5 N–H and O–H groups in total. The number of benzene rings is 1. The summed E-state index contributed by atoms with van der Waals surface area (Å²) in [6.45, 7) is 11.7. The molecular weight excluding hydrogens is 468 g/mol. The van der Waals surface area contributed by atoms with Crippen LogP contribution >= 0.6 is 12.8 Å². The van der Waals surface area contributed by atoms with Crippen molar-refractivity contribution in [3.63, 3.8) is 0 Å². The number of carbonyl (C=O) groups excluding carboxylic acids is 1. The van der Waals surface area contributed by atoms with Crippen LogP contribution in [-0.2, 0) is 11.3 Å². The normalized spacial score (nSPS) is 21.1. The van der Waals surface area contributed by atoms with Crippen molar-refractivity contribution in [2.45, 2.75) is 58.0 Å². The van der Waals surface area contributed by atoms with Gasteiger partial charge in [-0.15, -0.1) is 0 Å². The first-order valence-corrected chi connectivity index (χ1v) is 13.1. The van der Waals surface area contributed by atoms with Crippen molar-refractivity contribution in [2.75, 3.05) is 11.8 Å². The summed E-state index contributed by atoms with van der Waals surface area (Å²) in [7, 11) is 2.03. The topological polar surface area (TPSA) is 100.0 Å². The van der Waals surface area contributed by atoms with Crippen LogP contribution in [0.5, 0.6) is 0 Å². The van der Waals surface area contributed by atoms with Gasteiger partial charge in [0.15, 0.2) is 0 Å². The van der Waals surface area contributed by atoms with Crippen LogP contribution in [-0.4, -0.2) is 35.0 Å². The number of carbonyl (C=O) groups is 1. The van der Waals surface area contributed by atoms with Gasteiger partial charge in [-0.1, -0.05) is 45.2 Å². The number of nitrogens with two attached hydrogens (primary N) is 2. The zero-order valence-corrected chi connectivity index (χ0v) is 22.2. The number of hydrogen-bond donors (Lipinski definition) is 4. The number of aliphatic imine (C=N–C) groups is 1. The lowest BCUT2D eigenvalue weighted by atomic mass is 9.80. The Kier molecular flexibility index (Phi) is 7.83. The van der Waals surface area contributed by atoms with Crippen molar-refractivity contribution in [1.82, 2.24) is 9.80 Å². The van der Waals surface area contributed by atoms with Crippen molar-refractivity contribution < 1.29 is 4.79 Å². The largest absolute Gasteiger partial charge is 0.399 e. The highest BCUT2D eigenvalue weighted by Crippen LogP contribution is 2.45. The summed E-state index contributed by atoms with van der Waals surface area (Å²) in [6.07, 6.45) is 11.8. The number of rotatable bonds is 7. The first kappa shape index (κ1) is 25.9. The Labute approximate surface area is 220 Å². The minimum atomic E-state index is 0.250. The number of primary amides is 1. The third kappa shape index (κ3) is 5.19. The fourth-order valence-corrected chi connectivity index (χ4v) is 5.50. The highest BCUT2D eigenvalue weighted by Gasteiger charge is 2.37. The van der Waals surface area contributed by atoms with Gasteiger partial charge in [0.1, 0.15) is 5.82 Å². The van der Waals surface area contributed by atoms with Gasteiger partial charge in [0.2, 0.25) is 6.41 Å². The summed E-state index contributed by atoms with van der Waals surface area (Å²) in [4.78, 5) is 18.2. The maximum atomic E-state index is 8.58. The van der Waals surface area contributed by atoms with Gasteiger partial charge in [-0.05, 0) is 61.8 Å². The average Bonchev–Trinajstić information content (AvgIpc) is 3.62. The number of allylic oxidation sites excluding steroid dienone is 2. The maximum Gasteiger partial charge on any atom is 0.204 e. The zero-order valence-electron chi connectivity index (χ0n) is 21.3. The lowest BCUT2D eigenvalue weighted by Crippen LogP contribution is -2.28. The molecule has 0 aromatic heterocycles. The van der Waals surface area contributed by atoms with Crippen LogP contribution in [0.25, 0.3) is 5.70 Å². The molecule has 0 saturated heterocycles. The Morgan fingerprint density at radius 2 is 2.03 bits per heavy atom. The van der Waals surface area contributed by atoms with E-state index in [-0.39, 0.29) is 6.41 Å². The number of anilines is 1. The smallest absolute Gasteiger partial charge is 0.204 e. The molecule has 1 aromatic carbocycles. The molecule has 2 aliphatic carbocycles. The summed E-state index contributed by atoms with van der Waals surface area (Å²) >= 11 is 4.43. The van der Waals surface area contributed by atoms with Crippen molar-refractivity contribution in [3.05, 3.63) is 71.3 Å². The summed E-state index contributed by atoms with van der Waals surface area (Å²) < 4.78 is 3.12. The summed E-state index contributed by atoms with van der Waals surface area (Å²) in [5, 5.41) is 0. The number of nitrogens with one attached hydrogen (secondary N) is 1. The van der Waals surface area contributed by atoms with Crippen LogP contribution in [0.3, 0.4) is 0 Å². The van der Waals surface area contributed by atoms with Crippen LogP contribution < -0.4 is 16.2 Å². The van der Waals surface area contributed by atoms with Crippen molar-refractivity contribution in [3.8, 4) is 0 Å². The number of amides is 1. The minimum Gasteiger partial charge on any atom is -0.399 e. The molecule has 1 aromatic rings. The Balaban J connectivity index is 0.000000967. The van der Waals surface area contributed by atoms with E-state index in [1.54, 1.807) is 0 Å². The molecule has 4 aliphatic rings. The van der Waals surface area contributed by atoms with E-state index < -0.39 is 0 Å². The molecule has 7 nitrogen and oxygen atoms in total. The molecule has 5 rings (SSSR count). The molecular formula is C28H38N6OS. The van der Waals surface area contributed by atoms with E-state index in [2.05, 4.69) is 77.6 Å². The second-order valence-electron chi connectivity index (χ2n) is 10.2. The van der Waals surface area contributed by atoms with Gasteiger partial charge < -0.3 is 26.0 Å². The third-order valence-corrected chi connectivity index (χ3v) is 8.04. The van der Waals surface area contributed by atoms with E-state index in [1.165, 1.54) is 43.2 Å². The molecule has 2 saturated carbocycles. The summed E-state index contributed by atoms with van der Waals surface area (Å²) in [5.41, 5.74) is 18.6. The van der Waals surface area contributed by atoms with E-state index in [4.69, 9.17) is 15.5 Å². The lowest BCUT2D eigenvalue weighted by molar-refractivity contribution is -0.106. The van der Waals surface area contributed by atoms with Crippen LogP contribution in [0.2, 0.25) is 0 Å². The highest BCUT2D eigenvalue weighted by atomic mass is 32.1. The fraction of sp³-hybridized carbons (Fsp3) is 0.429. The summed E-state index contributed by atoms with van der Waals surface area (Å²) in [6, 6.07) is 4.92. The third-order valence-electron chi connectivity index (χ3n) is 7.80. The first-order chi connectivity index (χ1) is 17.3. The van der Waals surface area contributed by atoms with Crippen molar-refractivity contribution in [2.24, 2.45) is 28.3 Å². The van der Waals surface area contributed by atoms with E-state index in [0.29, 0.717) is 17.7 Å². The van der Waals surface area contributed by atoms with E-state index in [0.717, 1.165) is 52.9 Å². The van der Waals surface area contributed by atoms with Gasteiger partial charge in [0.05, 0.1) is 11.4 Å². The molecule has 2 aliphatic heterocycles. The number of fused-ring (bicyclic) bond motifs is 1. The van der Waals surface area contributed by atoms with Crippen molar-refractivity contribution >= 4 is 36.3 Å². The Morgan fingerprint density at radius 3 is 2.58 bits per heavy atom. The molecule has 2 heterocycles. The lowest BCUT2D eigenvalue weighted by Gasteiger charge is -2.29. The summed E-state index contributed by atoms with van der Waals surface area (Å²) in [5.74, 6) is 2.38. The average molecular weight is 507 g/mol. The van der Waals surface area contributed by atoms with Gasteiger partial charge >= 0.3 is 0 Å². The van der Waals surface area contributed by atoms with Gasteiger partial charge in [-0.25, -0.2) is 4.99 Å². The van der Waals surface area contributed by atoms with Crippen LogP contribution in [0.4, 0.5) is 5.69 Å². The zero-order chi connectivity index (χ0) is 26.0. The van der Waals surface area contributed by atoms with Gasteiger partial charge in [-0.3, -0.25) is 4.79 Å². The maximum absolute atomic E-state index is 8.58. The van der Waals surface area contributed by atoms with Crippen LogP contribution in [0.15, 0.2) is 59.7 Å². The second kappa shape index (κ2) is 10.9. The molecule has 0 radical (unpaired) electrons. The molecule has 8 heteroatoms. The standard InChI is InChI=1S/C27H35N5S.CH3NO/c1-16(28)23(12-19-6-5-7-19)27-29-24(10-11-31(27)4)21-13-22-15-32(17(2)20-8-9-20)18(3)26(22)25(14-21)30-33;2-1-3/h10-11,13-14,17,19-20,30,33H,1,3,5-9,12,15,28H2,2,4H3;1H,(H2,2,3)/b27-23-;. The Morgan fingerprint density at radius 1 is 1.33 bits per heavy atom. The molecule has 0 bridgehead atoms. The molecule has 36 heavy (non-hydrogen) atoms. The van der Waals surface area contributed by atoms with E-state index in [1.807, 2.05) is 7.05 Å². The molecule has 1 unspecified atom stereocenters. The molecule has 0 spiro atoms. The SMILES string of the molecule is C=C(N)/C(CC1CCC1)=C1/N=C(c2cc3c(c(NS)c2)C(=C)N(C(C)C2CC2)C3)C=CN1C.NC=O. The van der Waals surface area contributed by atoms with Gasteiger partial charge in [0, 0.05) is 53.9 Å². The van der Waals surface area contributed by atoms with Gasteiger partial charge in [0.25, 0.3) is 0 Å². The predicted octanol–water partition coefficient (Wildman–Crippen LogP) is 4.75. The van der Waals surface area contributed by atoms with Crippen LogP contribution in [0, 0.1) is 11.8 Å². The number of hydrogen-bond acceptors (Lipinski definition) is 7. The van der Waals surface area contributed by atoms with E-state index in [9.17, 15) is 0 Å². The predicted molar refractivity (Wildman–Crippen MR) is 152 cm³/mol. The van der Waals surface area contributed by atoms with Gasteiger partial charge in [-0.2, -0.15) is 0 Å². The highest BCUT2D eigenvalue weighted by molar-refractivity contribution is 7.81. The van der Waals surface area contributed by atoms with Crippen molar-refractivity contribution in [1.29, 1.82) is 0 Å². The second-order valence-corrected chi connectivity index (χ2v) is 10.4. The van der Waals surface area contributed by atoms with Crippen LogP contribution in [0.1, 0.15) is 62.1 Å². The molecule has 1 amide bonds.